The Hall–Kier alpha value is -1.11. The Morgan fingerprint density at radius 2 is 1.92 bits per heavy atom. The molecule has 134 valence electrons. The van der Waals surface area contributed by atoms with E-state index in [2.05, 4.69) is 5.32 Å². The van der Waals surface area contributed by atoms with Gasteiger partial charge in [0.15, 0.2) is 0 Å². The van der Waals surface area contributed by atoms with E-state index < -0.39 is 0 Å². The second-order valence-electron chi connectivity index (χ2n) is 6.38. The molecule has 2 amide bonds. The number of nitrogens with one attached hydrogen (secondary N) is 1. The van der Waals surface area contributed by atoms with E-state index in [0.717, 1.165) is 50.1 Å². The van der Waals surface area contributed by atoms with Gasteiger partial charge in [0.1, 0.15) is 6.04 Å². The number of nitrogens with zero attached hydrogens (tertiary/aromatic N) is 2. The summed E-state index contributed by atoms with van der Waals surface area (Å²) in [6, 6.07) is 3.97. The van der Waals surface area contributed by atoms with Crippen LogP contribution in [0.3, 0.4) is 0 Å². The monoisotopic (exact) mass is 371 g/mol. The van der Waals surface area contributed by atoms with Gasteiger partial charge in [0.05, 0.1) is 4.88 Å². The van der Waals surface area contributed by atoms with Gasteiger partial charge in [0, 0.05) is 25.7 Å². The number of carbonyl (C=O) groups excluding carboxylic acids is 2. The molecule has 3 rings (SSSR count). The third-order valence-corrected chi connectivity index (χ3v) is 5.85. The third kappa shape index (κ3) is 4.10. The Kier molecular flexibility index (Phi) is 7.07. The molecular weight excluding hydrogens is 346 g/mol. The van der Waals surface area contributed by atoms with Crippen molar-refractivity contribution in [3.63, 3.8) is 0 Å². The van der Waals surface area contributed by atoms with Crippen LogP contribution in [0.1, 0.15) is 41.8 Å². The molecule has 1 unspecified atom stereocenters. The first-order chi connectivity index (χ1) is 11.2. The second-order valence-corrected chi connectivity index (χ2v) is 7.32. The van der Waals surface area contributed by atoms with Crippen LogP contribution in [-0.4, -0.2) is 60.4 Å². The molecule has 0 bridgehead atoms. The van der Waals surface area contributed by atoms with E-state index in [1.54, 1.807) is 0 Å². The average molecular weight is 372 g/mol. The highest BCUT2D eigenvalue weighted by Crippen LogP contribution is 2.24. The molecule has 2 fully saturated rings. The number of likely N-dealkylation sites (tertiary alicyclic amines) is 2. The number of hydrogen-bond acceptors (Lipinski definition) is 4. The first-order valence-corrected chi connectivity index (χ1v) is 9.39. The molecule has 5 nitrogen and oxygen atoms in total. The Balaban J connectivity index is 0.00000208. The number of piperidine rings is 2. The molecule has 0 aromatic carbocycles. The van der Waals surface area contributed by atoms with Crippen LogP contribution in [0.4, 0.5) is 0 Å². The maximum absolute atomic E-state index is 12.9. The summed E-state index contributed by atoms with van der Waals surface area (Å²) in [5.41, 5.74) is 0. The maximum Gasteiger partial charge on any atom is 0.264 e. The first-order valence-electron chi connectivity index (χ1n) is 8.51. The minimum atomic E-state index is -0.274. The third-order valence-electron chi connectivity index (χ3n) is 5.00. The van der Waals surface area contributed by atoms with Crippen molar-refractivity contribution < 1.29 is 9.59 Å². The van der Waals surface area contributed by atoms with Crippen molar-refractivity contribution in [1.82, 2.24) is 15.1 Å². The number of amides is 2. The Morgan fingerprint density at radius 3 is 2.54 bits per heavy atom. The van der Waals surface area contributed by atoms with Gasteiger partial charge in [0.2, 0.25) is 5.91 Å². The lowest BCUT2D eigenvalue weighted by Gasteiger charge is -2.39. The minimum Gasteiger partial charge on any atom is -0.341 e. The fourth-order valence-electron chi connectivity index (χ4n) is 3.57. The number of rotatable bonds is 3. The minimum absolute atomic E-state index is 0. The molecular formula is C17H26ClN3O2S. The molecule has 2 aliphatic rings. The fraction of sp³-hybridized carbons (Fsp3) is 0.647. The summed E-state index contributed by atoms with van der Waals surface area (Å²) in [5.74, 6) is 0.160. The van der Waals surface area contributed by atoms with E-state index >= 15 is 0 Å². The van der Waals surface area contributed by atoms with E-state index in [1.807, 2.05) is 34.4 Å². The van der Waals surface area contributed by atoms with Crippen LogP contribution < -0.4 is 5.32 Å². The van der Waals surface area contributed by atoms with Crippen molar-refractivity contribution in [2.24, 2.45) is 0 Å². The van der Waals surface area contributed by atoms with Crippen molar-refractivity contribution in [3.05, 3.63) is 22.4 Å². The van der Waals surface area contributed by atoms with Crippen LogP contribution in [0.5, 0.6) is 0 Å². The van der Waals surface area contributed by atoms with E-state index in [4.69, 9.17) is 0 Å². The predicted molar refractivity (Wildman–Crippen MR) is 98.9 cm³/mol. The van der Waals surface area contributed by atoms with Gasteiger partial charge in [-0.05, 0) is 50.6 Å². The molecule has 0 aliphatic carbocycles. The largest absolute Gasteiger partial charge is 0.341 e. The zero-order valence-corrected chi connectivity index (χ0v) is 15.7. The van der Waals surface area contributed by atoms with Crippen molar-refractivity contribution in [1.29, 1.82) is 0 Å². The summed E-state index contributed by atoms with van der Waals surface area (Å²) < 4.78 is 0. The van der Waals surface area contributed by atoms with Gasteiger partial charge in [0.25, 0.3) is 5.91 Å². The highest BCUT2D eigenvalue weighted by atomic mass is 35.5. The Bertz CT molecular complexity index is 544. The average Bonchev–Trinajstić information content (AvgIpc) is 3.15. The van der Waals surface area contributed by atoms with Crippen molar-refractivity contribution in [2.75, 3.05) is 26.7 Å². The summed E-state index contributed by atoms with van der Waals surface area (Å²) in [6.45, 7) is 2.28. The molecule has 2 aliphatic heterocycles. The molecule has 24 heavy (non-hydrogen) atoms. The van der Waals surface area contributed by atoms with Gasteiger partial charge in [-0.15, -0.1) is 23.7 Å². The standard InChI is InChI=1S/C17H25N3O2S.ClH/c1-18-13-7-10-19(11-8-13)16(21)14-5-2-3-9-20(14)17(22)15-6-4-12-23-15;/h4,6,12-14,18H,2-3,5,7-11H2,1H3;1H. The molecule has 2 saturated heterocycles. The molecule has 7 heteroatoms. The van der Waals surface area contributed by atoms with Crippen LogP contribution >= 0.6 is 23.7 Å². The number of thiophene rings is 1. The second kappa shape index (κ2) is 8.83. The molecule has 1 N–H and O–H groups in total. The van der Waals surface area contributed by atoms with Crippen molar-refractivity contribution in [2.45, 2.75) is 44.2 Å². The number of carbonyl (C=O) groups is 2. The van der Waals surface area contributed by atoms with E-state index in [1.165, 1.54) is 11.3 Å². The van der Waals surface area contributed by atoms with Gasteiger partial charge < -0.3 is 15.1 Å². The summed E-state index contributed by atoms with van der Waals surface area (Å²) in [6.07, 6.45) is 4.80. The number of hydrogen-bond donors (Lipinski definition) is 1. The summed E-state index contributed by atoms with van der Waals surface area (Å²) in [5, 5.41) is 5.20. The summed E-state index contributed by atoms with van der Waals surface area (Å²) in [4.78, 5) is 30.2. The maximum atomic E-state index is 12.9. The predicted octanol–water partition coefficient (Wildman–Crippen LogP) is 2.38. The smallest absolute Gasteiger partial charge is 0.264 e. The zero-order valence-electron chi connectivity index (χ0n) is 14.1. The Morgan fingerprint density at radius 1 is 1.17 bits per heavy atom. The molecule has 0 radical (unpaired) electrons. The van der Waals surface area contributed by atoms with Crippen LogP contribution in [0, 0.1) is 0 Å². The van der Waals surface area contributed by atoms with Gasteiger partial charge in [-0.2, -0.15) is 0 Å². The highest BCUT2D eigenvalue weighted by Gasteiger charge is 2.36. The van der Waals surface area contributed by atoms with Crippen molar-refractivity contribution in [3.8, 4) is 0 Å². The summed E-state index contributed by atoms with van der Waals surface area (Å²) >= 11 is 1.45. The Labute approximate surface area is 153 Å². The first kappa shape index (κ1) is 19.2. The fourth-order valence-corrected chi connectivity index (χ4v) is 4.25. The van der Waals surface area contributed by atoms with Gasteiger partial charge in [-0.25, -0.2) is 0 Å². The van der Waals surface area contributed by atoms with Crippen molar-refractivity contribution >= 4 is 35.6 Å². The SMILES string of the molecule is CNC1CCN(C(=O)C2CCCCN2C(=O)c2cccs2)CC1.Cl. The van der Waals surface area contributed by atoms with Crippen LogP contribution in [-0.2, 0) is 4.79 Å². The van der Waals surface area contributed by atoms with E-state index in [-0.39, 0.29) is 30.3 Å². The van der Waals surface area contributed by atoms with Gasteiger partial charge in [-0.3, -0.25) is 9.59 Å². The van der Waals surface area contributed by atoms with Crippen LogP contribution in [0.15, 0.2) is 17.5 Å². The molecule has 1 aromatic heterocycles. The molecule has 0 spiro atoms. The lowest BCUT2D eigenvalue weighted by atomic mass is 9.98. The highest BCUT2D eigenvalue weighted by molar-refractivity contribution is 7.12. The molecule has 1 aromatic rings. The summed E-state index contributed by atoms with van der Waals surface area (Å²) in [7, 11) is 1.98. The van der Waals surface area contributed by atoms with Gasteiger partial charge in [-0.1, -0.05) is 6.07 Å². The molecule has 1 atom stereocenters. The van der Waals surface area contributed by atoms with E-state index in [0.29, 0.717) is 12.6 Å². The van der Waals surface area contributed by atoms with Crippen LogP contribution in [0.2, 0.25) is 0 Å². The molecule has 0 saturated carbocycles. The topological polar surface area (TPSA) is 52.7 Å². The normalized spacial score (nSPS) is 22.1. The number of halogens is 1. The quantitative estimate of drug-likeness (QED) is 0.887. The van der Waals surface area contributed by atoms with E-state index in [9.17, 15) is 9.59 Å². The van der Waals surface area contributed by atoms with Gasteiger partial charge >= 0.3 is 0 Å². The zero-order chi connectivity index (χ0) is 16.2. The molecule has 3 heterocycles. The lowest BCUT2D eigenvalue weighted by molar-refractivity contribution is -0.138. The van der Waals surface area contributed by atoms with Crippen LogP contribution in [0.25, 0.3) is 0 Å². The lowest BCUT2D eigenvalue weighted by Crippen LogP contribution is -2.55.